The summed E-state index contributed by atoms with van der Waals surface area (Å²) in [5.41, 5.74) is -1.46. The SMILES string of the molecule is CC(C)NCC1CCN(C2(C(F)(F)F)CC2)C1. The summed E-state index contributed by atoms with van der Waals surface area (Å²) in [5.74, 6) is 0.372. The Bertz CT molecular complexity index is 271. The van der Waals surface area contributed by atoms with Crippen molar-refractivity contribution in [3.63, 3.8) is 0 Å². The normalized spacial score (nSPS) is 28.9. The molecule has 0 radical (unpaired) electrons. The summed E-state index contributed by atoms with van der Waals surface area (Å²) in [4.78, 5) is 1.67. The van der Waals surface area contributed by atoms with Crippen molar-refractivity contribution < 1.29 is 13.2 Å². The van der Waals surface area contributed by atoms with Gasteiger partial charge in [-0.25, -0.2) is 0 Å². The van der Waals surface area contributed by atoms with Crippen LogP contribution in [0.15, 0.2) is 0 Å². The highest BCUT2D eigenvalue weighted by atomic mass is 19.4. The Balaban J connectivity index is 1.86. The molecule has 1 aliphatic carbocycles. The molecule has 1 N–H and O–H groups in total. The second kappa shape index (κ2) is 4.43. The minimum absolute atomic E-state index is 0.292. The fourth-order valence-corrected chi connectivity index (χ4v) is 2.69. The van der Waals surface area contributed by atoms with E-state index >= 15 is 0 Å². The average molecular weight is 250 g/mol. The molecule has 5 heteroatoms. The number of rotatable bonds is 4. The Morgan fingerprint density at radius 1 is 1.35 bits per heavy atom. The Morgan fingerprint density at radius 2 is 2.00 bits per heavy atom. The number of halogens is 3. The smallest absolute Gasteiger partial charge is 0.314 e. The molecule has 0 amide bonds. The van der Waals surface area contributed by atoms with Gasteiger partial charge in [0, 0.05) is 12.6 Å². The third-order valence-electron chi connectivity index (χ3n) is 3.96. The van der Waals surface area contributed by atoms with Crippen LogP contribution in [0, 0.1) is 5.92 Å². The molecule has 0 bridgehead atoms. The van der Waals surface area contributed by atoms with Gasteiger partial charge in [-0.05, 0) is 38.3 Å². The molecule has 1 unspecified atom stereocenters. The van der Waals surface area contributed by atoms with Crippen LogP contribution in [0.1, 0.15) is 33.1 Å². The molecule has 2 fully saturated rings. The van der Waals surface area contributed by atoms with E-state index in [9.17, 15) is 13.2 Å². The summed E-state index contributed by atoms with van der Waals surface area (Å²) in [5, 5.41) is 3.31. The van der Waals surface area contributed by atoms with Crippen molar-refractivity contribution in [1.82, 2.24) is 10.2 Å². The fourth-order valence-electron chi connectivity index (χ4n) is 2.69. The van der Waals surface area contributed by atoms with Crippen molar-refractivity contribution in [2.75, 3.05) is 19.6 Å². The summed E-state index contributed by atoms with van der Waals surface area (Å²) in [7, 11) is 0. The zero-order chi connectivity index (χ0) is 12.7. The lowest BCUT2D eigenvalue weighted by molar-refractivity contribution is -0.193. The molecular weight excluding hydrogens is 229 g/mol. The highest BCUT2D eigenvalue weighted by Crippen LogP contribution is 2.54. The Hall–Kier alpha value is -0.290. The molecule has 2 nitrogen and oxygen atoms in total. The van der Waals surface area contributed by atoms with E-state index in [1.165, 1.54) is 0 Å². The summed E-state index contributed by atoms with van der Waals surface area (Å²) < 4.78 is 38.8. The van der Waals surface area contributed by atoms with Gasteiger partial charge in [0.1, 0.15) is 5.54 Å². The van der Waals surface area contributed by atoms with E-state index in [1.807, 2.05) is 0 Å². The first-order valence-corrected chi connectivity index (χ1v) is 6.40. The average Bonchev–Trinajstić information content (AvgIpc) is 2.89. The molecule has 1 saturated carbocycles. The van der Waals surface area contributed by atoms with Crippen LogP contribution in [0.2, 0.25) is 0 Å². The van der Waals surface area contributed by atoms with Crippen LogP contribution in [0.4, 0.5) is 13.2 Å². The lowest BCUT2D eigenvalue weighted by Gasteiger charge is -2.29. The van der Waals surface area contributed by atoms with Crippen molar-refractivity contribution >= 4 is 0 Å². The number of hydrogen-bond acceptors (Lipinski definition) is 2. The number of alkyl halides is 3. The summed E-state index contributed by atoms with van der Waals surface area (Å²) in [6.07, 6.45) is -2.58. The number of likely N-dealkylation sites (tertiary alicyclic amines) is 1. The molecule has 1 heterocycles. The molecular formula is C12H21F3N2. The van der Waals surface area contributed by atoms with E-state index in [0.29, 0.717) is 37.9 Å². The third kappa shape index (κ3) is 2.60. The number of nitrogens with zero attached hydrogens (tertiary/aromatic N) is 1. The minimum Gasteiger partial charge on any atom is -0.314 e. The van der Waals surface area contributed by atoms with E-state index in [0.717, 1.165) is 13.0 Å². The zero-order valence-corrected chi connectivity index (χ0v) is 10.5. The molecule has 2 rings (SSSR count). The van der Waals surface area contributed by atoms with E-state index in [2.05, 4.69) is 19.2 Å². The maximum Gasteiger partial charge on any atom is 0.406 e. The highest BCUT2D eigenvalue weighted by Gasteiger charge is 2.67. The summed E-state index contributed by atoms with van der Waals surface area (Å²) in [6, 6.07) is 0.404. The molecule has 0 aromatic rings. The molecule has 0 spiro atoms. The van der Waals surface area contributed by atoms with Gasteiger partial charge in [-0.1, -0.05) is 13.8 Å². The molecule has 1 saturated heterocycles. The van der Waals surface area contributed by atoms with Crippen LogP contribution in [0.5, 0.6) is 0 Å². The number of nitrogens with one attached hydrogen (secondary N) is 1. The quantitative estimate of drug-likeness (QED) is 0.824. The highest BCUT2D eigenvalue weighted by molar-refractivity contribution is 5.11. The van der Waals surface area contributed by atoms with Gasteiger partial charge in [0.25, 0.3) is 0 Å². The second-order valence-corrected chi connectivity index (χ2v) is 5.69. The minimum atomic E-state index is -4.05. The van der Waals surface area contributed by atoms with Gasteiger partial charge in [0.2, 0.25) is 0 Å². The predicted octanol–water partition coefficient (Wildman–Crippen LogP) is 2.40. The van der Waals surface area contributed by atoms with Crippen LogP contribution in [0.3, 0.4) is 0 Å². The maximum atomic E-state index is 12.9. The van der Waals surface area contributed by atoms with Crippen molar-refractivity contribution in [2.24, 2.45) is 5.92 Å². The number of hydrogen-bond donors (Lipinski definition) is 1. The van der Waals surface area contributed by atoms with Gasteiger partial charge in [0.05, 0.1) is 0 Å². The monoisotopic (exact) mass is 250 g/mol. The standard InChI is InChI=1S/C12H21F3N2/c1-9(2)16-7-10-3-6-17(8-10)11(4-5-11)12(13,14)15/h9-10,16H,3-8H2,1-2H3. The largest absolute Gasteiger partial charge is 0.406 e. The van der Waals surface area contributed by atoms with Crippen LogP contribution in [-0.4, -0.2) is 42.3 Å². The van der Waals surface area contributed by atoms with Gasteiger partial charge < -0.3 is 5.32 Å². The van der Waals surface area contributed by atoms with Gasteiger partial charge in [-0.3, -0.25) is 4.90 Å². The second-order valence-electron chi connectivity index (χ2n) is 5.69. The first kappa shape index (κ1) is 13.1. The van der Waals surface area contributed by atoms with E-state index in [1.54, 1.807) is 4.90 Å². The van der Waals surface area contributed by atoms with Crippen LogP contribution < -0.4 is 5.32 Å². The molecule has 1 aliphatic heterocycles. The van der Waals surface area contributed by atoms with Crippen molar-refractivity contribution in [2.45, 2.75) is 50.9 Å². The van der Waals surface area contributed by atoms with E-state index in [-0.39, 0.29) is 0 Å². The molecule has 1 atom stereocenters. The maximum absolute atomic E-state index is 12.9. The topological polar surface area (TPSA) is 15.3 Å². The van der Waals surface area contributed by atoms with Crippen LogP contribution in [-0.2, 0) is 0 Å². The first-order valence-electron chi connectivity index (χ1n) is 6.40. The van der Waals surface area contributed by atoms with Crippen LogP contribution in [0.25, 0.3) is 0 Å². The molecule has 100 valence electrons. The molecule has 0 aromatic heterocycles. The van der Waals surface area contributed by atoms with E-state index < -0.39 is 11.7 Å². The zero-order valence-electron chi connectivity index (χ0n) is 10.5. The summed E-state index contributed by atoms with van der Waals surface area (Å²) in [6.45, 7) is 6.15. The Morgan fingerprint density at radius 3 is 2.47 bits per heavy atom. The van der Waals surface area contributed by atoms with Gasteiger partial charge >= 0.3 is 6.18 Å². The van der Waals surface area contributed by atoms with Gasteiger partial charge in [-0.2, -0.15) is 13.2 Å². The fraction of sp³-hybridized carbons (Fsp3) is 1.00. The van der Waals surface area contributed by atoms with E-state index in [4.69, 9.17) is 0 Å². The summed E-state index contributed by atoms with van der Waals surface area (Å²) >= 11 is 0. The Kier molecular flexibility index (Phi) is 3.42. The Labute approximate surface area is 101 Å². The molecule has 17 heavy (non-hydrogen) atoms. The van der Waals surface area contributed by atoms with Gasteiger partial charge in [-0.15, -0.1) is 0 Å². The lowest BCUT2D eigenvalue weighted by atomic mass is 10.1. The third-order valence-corrected chi connectivity index (χ3v) is 3.96. The van der Waals surface area contributed by atoms with Crippen molar-refractivity contribution in [1.29, 1.82) is 0 Å². The van der Waals surface area contributed by atoms with Crippen molar-refractivity contribution in [3.8, 4) is 0 Å². The van der Waals surface area contributed by atoms with Crippen LogP contribution >= 0.6 is 0 Å². The van der Waals surface area contributed by atoms with Crippen molar-refractivity contribution in [3.05, 3.63) is 0 Å². The first-order chi connectivity index (χ1) is 7.85. The predicted molar refractivity (Wildman–Crippen MR) is 60.8 cm³/mol. The van der Waals surface area contributed by atoms with Gasteiger partial charge in [0.15, 0.2) is 0 Å². The lowest BCUT2D eigenvalue weighted by Crippen LogP contribution is -2.47. The molecule has 0 aromatic carbocycles. The molecule has 2 aliphatic rings.